The monoisotopic (exact) mass is 568 g/mol. The van der Waals surface area contributed by atoms with E-state index < -0.39 is 56.4 Å². The first kappa shape index (κ1) is 30.9. The Morgan fingerprint density at radius 2 is 1.87 bits per heavy atom. The van der Waals surface area contributed by atoms with E-state index in [2.05, 4.69) is 15.4 Å². The first-order valence-corrected chi connectivity index (χ1v) is 15.4. The van der Waals surface area contributed by atoms with Crippen molar-refractivity contribution >= 4 is 33.8 Å². The molecule has 12 heteroatoms. The number of alkyl carbamates (subject to hydrolysis) is 1. The lowest BCUT2D eigenvalue weighted by molar-refractivity contribution is -0.141. The molecule has 1 saturated carbocycles. The Bertz CT molecular complexity index is 1100. The molecule has 5 atom stereocenters. The van der Waals surface area contributed by atoms with E-state index in [1.54, 1.807) is 20.8 Å². The van der Waals surface area contributed by atoms with Gasteiger partial charge in [0.25, 0.3) is 5.91 Å². The van der Waals surface area contributed by atoms with Gasteiger partial charge < -0.3 is 20.3 Å². The fraction of sp³-hybridized carbons (Fsp3) is 0.778. The van der Waals surface area contributed by atoms with E-state index in [0.717, 1.165) is 19.3 Å². The largest absolute Gasteiger partial charge is 0.444 e. The zero-order valence-corrected chi connectivity index (χ0v) is 24.7. The predicted octanol–water partition coefficient (Wildman–Crippen LogP) is 2.37. The zero-order valence-electron chi connectivity index (χ0n) is 23.9. The van der Waals surface area contributed by atoms with Crippen molar-refractivity contribution in [2.24, 2.45) is 11.8 Å². The Kier molecular flexibility index (Phi) is 9.39. The smallest absolute Gasteiger partial charge is 0.408 e. The average Bonchev–Trinajstić information content (AvgIpc) is 3.35. The second kappa shape index (κ2) is 11.9. The van der Waals surface area contributed by atoms with E-state index in [-0.39, 0.29) is 24.2 Å². The highest BCUT2D eigenvalue weighted by Crippen LogP contribution is 2.45. The standard InChI is InChI=1S/C27H44N4O7S/c1-17(2)39(36,37)30-24(34)27-15-19(27)12-10-8-7-9-11-13-20(28-25(35)38-26(4,5)6)23(33)31-16-18(3)14-21(31)22(32)29-27/h10,12,17-21H,7-9,11,13-16H2,1-6H3,(H,28,35)(H,29,32)(H,30,34)/b12-10-/t18-,19-,20+,21+,27-/m1/s1. The van der Waals surface area contributed by atoms with Crippen molar-refractivity contribution in [3.8, 4) is 0 Å². The SMILES string of the molecule is CC(C)S(=O)(=O)NC(=O)[C@@]12C[C@H]1/C=C\CCCCC[C@H](NC(=O)OC(C)(C)C)C(=O)N1C[C@H](C)C[C@H]1C(=O)N2. The fourth-order valence-corrected chi connectivity index (χ4v) is 5.79. The van der Waals surface area contributed by atoms with Crippen molar-refractivity contribution in [1.82, 2.24) is 20.3 Å². The summed E-state index contributed by atoms with van der Waals surface area (Å²) in [7, 11) is -3.90. The first-order chi connectivity index (χ1) is 18.1. The molecule has 220 valence electrons. The topological polar surface area (TPSA) is 151 Å². The number of sulfonamides is 1. The maximum atomic E-state index is 13.7. The molecule has 39 heavy (non-hydrogen) atoms. The number of rotatable bonds is 4. The molecule has 1 saturated heterocycles. The van der Waals surface area contributed by atoms with Crippen molar-refractivity contribution in [2.45, 2.75) is 115 Å². The Hall–Kier alpha value is -2.63. The molecule has 0 spiro atoms. The number of ether oxygens (including phenoxy) is 1. The van der Waals surface area contributed by atoms with Gasteiger partial charge in [0.2, 0.25) is 21.8 Å². The number of nitrogens with zero attached hydrogens (tertiary/aromatic N) is 1. The number of nitrogens with one attached hydrogen (secondary N) is 3. The zero-order chi connectivity index (χ0) is 29.2. The highest BCUT2D eigenvalue weighted by molar-refractivity contribution is 7.90. The average molecular weight is 569 g/mol. The van der Waals surface area contributed by atoms with Crippen LogP contribution in [0.5, 0.6) is 0 Å². The van der Waals surface area contributed by atoms with Crippen LogP contribution in [-0.4, -0.2) is 72.2 Å². The fourth-order valence-electron chi connectivity index (χ4n) is 5.12. The summed E-state index contributed by atoms with van der Waals surface area (Å²) >= 11 is 0. The molecule has 2 fully saturated rings. The summed E-state index contributed by atoms with van der Waals surface area (Å²) < 4.78 is 32.4. The molecule has 3 N–H and O–H groups in total. The number of hydrogen-bond donors (Lipinski definition) is 3. The van der Waals surface area contributed by atoms with Gasteiger partial charge in [-0.2, -0.15) is 0 Å². The lowest BCUT2D eigenvalue weighted by Crippen LogP contribution is -2.58. The molecule has 0 aromatic heterocycles. The number of carbonyl (C=O) groups excluding carboxylic acids is 4. The second-order valence-electron chi connectivity index (χ2n) is 12.4. The van der Waals surface area contributed by atoms with E-state index in [9.17, 15) is 27.6 Å². The van der Waals surface area contributed by atoms with Crippen LogP contribution in [0.15, 0.2) is 12.2 Å². The molecular formula is C27H44N4O7S. The van der Waals surface area contributed by atoms with Gasteiger partial charge >= 0.3 is 6.09 Å². The van der Waals surface area contributed by atoms with Crippen LogP contribution in [0.2, 0.25) is 0 Å². The molecule has 0 aromatic rings. The molecule has 3 aliphatic rings. The summed E-state index contributed by atoms with van der Waals surface area (Å²) in [5.74, 6) is -1.97. The van der Waals surface area contributed by atoms with Crippen molar-refractivity contribution in [3.63, 3.8) is 0 Å². The number of amides is 4. The van der Waals surface area contributed by atoms with E-state index in [0.29, 0.717) is 25.8 Å². The maximum Gasteiger partial charge on any atom is 0.408 e. The Morgan fingerprint density at radius 3 is 2.51 bits per heavy atom. The van der Waals surface area contributed by atoms with Gasteiger partial charge in [-0.1, -0.05) is 31.9 Å². The van der Waals surface area contributed by atoms with Crippen LogP contribution >= 0.6 is 0 Å². The third-order valence-electron chi connectivity index (χ3n) is 7.44. The summed E-state index contributed by atoms with van der Waals surface area (Å²) in [5.41, 5.74) is -2.13. The van der Waals surface area contributed by atoms with Gasteiger partial charge in [-0.3, -0.25) is 19.1 Å². The highest BCUT2D eigenvalue weighted by Gasteiger charge is 2.61. The summed E-state index contributed by atoms with van der Waals surface area (Å²) in [4.78, 5) is 54.6. The van der Waals surface area contributed by atoms with Gasteiger partial charge in [0.1, 0.15) is 23.2 Å². The molecule has 0 bridgehead atoms. The molecule has 2 heterocycles. The van der Waals surface area contributed by atoms with Gasteiger partial charge in [0.05, 0.1) is 5.25 Å². The molecule has 3 rings (SSSR count). The normalized spacial score (nSPS) is 31.2. The van der Waals surface area contributed by atoms with Gasteiger partial charge in [-0.25, -0.2) is 13.2 Å². The number of carbonyl (C=O) groups is 4. The molecule has 4 amide bonds. The molecule has 0 radical (unpaired) electrons. The van der Waals surface area contributed by atoms with E-state index >= 15 is 0 Å². The molecule has 11 nitrogen and oxygen atoms in total. The van der Waals surface area contributed by atoms with Crippen LogP contribution in [0.1, 0.15) is 86.5 Å². The molecule has 0 aromatic carbocycles. The van der Waals surface area contributed by atoms with Crippen molar-refractivity contribution in [1.29, 1.82) is 0 Å². The molecule has 2 aliphatic heterocycles. The van der Waals surface area contributed by atoms with Crippen molar-refractivity contribution in [2.75, 3.05) is 6.54 Å². The van der Waals surface area contributed by atoms with Crippen LogP contribution in [0, 0.1) is 11.8 Å². The van der Waals surface area contributed by atoms with Crippen LogP contribution in [0.3, 0.4) is 0 Å². The minimum absolute atomic E-state index is 0.0201. The summed E-state index contributed by atoms with van der Waals surface area (Å²) in [6.07, 6.45) is 7.29. The Labute approximate surface area is 231 Å². The summed E-state index contributed by atoms with van der Waals surface area (Å²) in [6.45, 7) is 10.4. The van der Waals surface area contributed by atoms with Crippen LogP contribution in [-0.2, 0) is 29.1 Å². The highest BCUT2D eigenvalue weighted by atomic mass is 32.2. The number of fused-ring (bicyclic) bond motifs is 2. The minimum atomic E-state index is -3.90. The van der Waals surface area contributed by atoms with E-state index in [4.69, 9.17) is 4.74 Å². The third-order valence-corrected chi connectivity index (χ3v) is 9.15. The maximum absolute atomic E-state index is 13.7. The lowest BCUT2D eigenvalue weighted by Gasteiger charge is -2.30. The first-order valence-electron chi connectivity index (χ1n) is 13.9. The quantitative estimate of drug-likeness (QED) is 0.441. The Morgan fingerprint density at radius 1 is 1.18 bits per heavy atom. The summed E-state index contributed by atoms with van der Waals surface area (Å²) in [5, 5.41) is 4.72. The van der Waals surface area contributed by atoms with Crippen LogP contribution in [0.25, 0.3) is 0 Å². The van der Waals surface area contributed by atoms with Crippen molar-refractivity contribution in [3.05, 3.63) is 12.2 Å². The second-order valence-corrected chi connectivity index (χ2v) is 14.6. The van der Waals surface area contributed by atoms with Gasteiger partial charge in [-0.05, 0) is 72.6 Å². The van der Waals surface area contributed by atoms with Crippen LogP contribution in [0.4, 0.5) is 4.79 Å². The van der Waals surface area contributed by atoms with E-state index in [1.807, 2.05) is 19.1 Å². The number of hydrogen-bond acceptors (Lipinski definition) is 7. The molecule has 0 unspecified atom stereocenters. The van der Waals surface area contributed by atoms with E-state index in [1.165, 1.54) is 18.7 Å². The summed E-state index contributed by atoms with van der Waals surface area (Å²) in [6, 6.07) is -1.71. The van der Waals surface area contributed by atoms with Gasteiger partial charge in [0, 0.05) is 12.5 Å². The van der Waals surface area contributed by atoms with Crippen LogP contribution < -0.4 is 15.4 Å². The minimum Gasteiger partial charge on any atom is -0.444 e. The number of allylic oxidation sites excluding steroid dienone is 1. The van der Waals surface area contributed by atoms with Crippen molar-refractivity contribution < 1.29 is 32.3 Å². The Balaban J connectivity index is 1.88. The van der Waals surface area contributed by atoms with Gasteiger partial charge in [0.15, 0.2) is 0 Å². The third kappa shape index (κ3) is 7.73. The lowest BCUT2D eigenvalue weighted by atomic mass is 10.0. The molecule has 1 aliphatic carbocycles. The van der Waals surface area contributed by atoms with Gasteiger partial charge in [-0.15, -0.1) is 0 Å². The predicted molar refractivity (Wildman–Crippen MR) is 146 cm³/mol. The molecular weight excluding hydrogens is 524 g/mol.